The maximum Gasteiger partial charge on any atom is 0.329 e. The molecule has 0 heterocycles. The lowest BCUT2D eigenvalue weighted by Gasteiger charge is -2.22. The Bertz CT molecular complexity index is 166. The molecule has 0 aliphatic carbocycles. The van der Waals surface area contributed by atoms with Crippen molar-refractivity contribution in [2.45, 2.75) is 24.8 Å². The second-order valence-electron chi connectivity index (χ2n) is 2.54. The highest BCUT2D eigenvalue weighted by molar-refractivity contribution is 5.79. The topological polar surface area (TPSA) is 89.3 Å². The van der Waals surface area contributed by atoms with Crippen LogP contribution in [0.4, 0.5) is 8.78 Å². The van der Waals surface area contributed by atoms with Crippen LogP contribution in [0.1, 0.15) is 12.8 Å². The first-order chi connectivity index (χ1) is 5.45. The molecule has 0 aliphatic rings. The van der Waals surface area contributed by atoms with Crippen LogP contribution in [-0.4, -0.2) is 29.6 Å². The summed E-state index contributed by atoms with van der Waals surface area (Å²) in [4.78, 5) is 10.3. The highest BCUT2D eigenvalue weighted by Gasteiger charge is 2.42. The third kappa shape index (κ3) is 2.38. The highest BCUT2D eigenvalue weighted by atomic mass is 19.3. The highest BCUT2D eigenvalue weighted by Crippen LogP contribution is 2.18. The lowest BCUT2D eigenvalue weighted by Crippen LogP contribution is -2.54. The predicted octanol–water partition coefficient (Wildman–Crippen LogP) is -0.227. The molecule has 12 heavy (non-hydrogen) atoms. The Morgan fingerprint density at radius 2 is 2.08 bits per heavy atom. The molecule has 0 spiro atoms. The van der Waals surface area contributed by atoms with Gasteiger partial charge in [-0.2, -0.15) is 0 Å². The van der Waals surface area contributed by atoms with E-state index in [0.717, 1.165) is 0 Å². The van der Waals surface area contributed by atoms with Crippen molar-refractivity contribution in [2.75, 3.05) is 6.54 Å². The SMILES string of the molecule is NCCC[14C@](N)(C(=O)O)C(F)F. The zero-order valence-electron chi connectivity index (χ0n) is 6.46. The number of carbonyl (C=O) groups is 1. The minimum absolute atomic E-state index is 0.152. The molecule has 0 aliphatic heterocycles. The third-order valence-corrected chi connectivity index (χ3v) is 1.58. The number of aliphatic carboxylic acids is 1. The number of hydrogen-bond acceptors (Lipinski definition) is 3. The van der Waals surface area contributed by atoms with E-state index in [-0.39, 0.29) is 19.4 Å². The van der Waals surface area contributed by atoms with Crippen LogP contribution < -0.4 is 11.5 Å². The zero-order valence-corrected chi connectivity index (χ0v) is 6.46. The minimum Gasteiger partial charge on any atom is -0.480 e. The summed E-state index contributed by atoms with van der Waals surface area (Å²) in [5.74, 6) is -1.69. The van der Waals surface area contributed by atoms with Gasteiger partial charge in [-0.1, -0.05) is 0 Å². The Kier molecular flexibility index (Phi) is 4.05. The molecule has 0 fully saturated rings. The fraction of sp³-hybridized carbons (Fsp3) is 0.833. The van der Waals surface area contributed by atoms with E-state index in [1.54, 1.807) is 0 Å². The van der Waals surface area contributed by atoms with Crippen LogP contribution in [0.25, 0.3) is 0 Å². The first-order valence-electron chi connectivity index (χ1n) is 3.45. The van der Waals surface area contributed by atoms with Gasteiger partial charge in [0.2, 0.25) is 0 Å². The van der Waals surface area contributed by atoms with E-state index in [4.69, 9.17) is 16.6 Å². The maximum atomic E-state index is 12.1. The Morgan fingerprint density at radius 3 is 2.33 bits per heavy atom. The van der Waals surface area contributed by atoms with Crippen LogP contribution in [0.2, 0.25) is 0 Å². The molecule has 0 aromatic carbocycles. The Morgan fingerprint density at radius 1 is 1.58 bits per heavy atom. The number of carboxylic acid groups (broad SMARTS) is 1. The lowest BCUT2D eigenvalue weighted by atomic mass is 10.4. The fourth-order valence-electron chi connectivity index (χ4n) is 0.704. The summed E-state index contributed by atoms with van der Waals surface area (Å²) in [6.45, 7) is 0.152. The average Bonchev–Trinajstić information content (AvgIpc) is 1.99. The Balaban J connectivity index is 4.29. The summed E-state index contributed by atoms with van der Waals surface area (Å²) in [6, 6.07) is 0. The van der Waals surface area contributed by atoms with Gasteiger partial charge in [0.05, 0.1) is 0 Å². The lowest BCUT2D eigenvalue weighted by molar-refractivity contribution is -0.150. The van der Waals surface area contributed by atoms with Crippen LogP contribution in [0.3, 0.4) is 0 Å². The van der Waals surface area contributed by atoms with Crippen LogP contribution in [-0.2, 0) is 4.79 Å². The number of alkyl halides is 2. The van der Waals surface area contributed by atoms with E-state index in [1.165, 1.54) is 0 Å². The molecule has 0 bridgehead atoms. The van der Waals surface area contributed by atoms with Crippen molar-refractivity contribution in [1.82, 2.24) is 0 Å². The van der Waals surface area contributed by atoms with Gasteiger partial charge in [-0.05, 0) is 19.4 Å². The predicted molar refractivity (Wildman–Crippen MR) is 38.8 cm³/mol. The van der Waals surface area contributed by atoms with E-state index >= 15 is 0 Å². The monoisotopic (exact) mass is 184 g/mol. The number of hydrogen-bond donors (Lipinski definition) is 3. The molecule has 0 radical (unpaired) electrons. The summed E-state index contributed by atoms with van der Waals surface area (Å²) in [5.41, 5.74) is 7.56. The van der Waals surface area contributed by atoms with Gasteiger partial charge >= 0.3 is 5.97 Å². The molecule has 6 heteroatoms. The van der Waals surface area contributed by atoms with Crippen molar-refractivity contribution in [1.29, 1.82) is 0 Å². The second-order valence-corrected chi connectivity index (χ2v) is 2.54. The van der Waals surface area contributed by atoms with E-state index in [0.29, 0.717) is 0 Å². The van der Waals surface area contributed by atoms with Crippen molar-refractivity contribution in [3.8, 4) is 0 Å². The van der Waals surface area contributed by atoms with Gasteiger partial charge in [-0.25, -0.2) is 13.6 Å². The average molecular weight is 184 g/mol. The Hall–Kier alpha value is -0.750. The first kappa shape index (κ1) is 11.2. The van der Waals surface area contributed by atoms with Crippen LogP contribution >= 0.6 is 0 Å². The quantitative estimate of drug-likeness (QED) is 0.550. The van der Waals surface area contributed by atoms with Crippen LogP contribution in [0.5, 0.6) is 0 Å². The van der Waals surface area contributed by atoms with Gasteiger partial charge in [-0.15, -0.1) is 0 Å². The molecule has 0 unspecified atom stereocenters. The maximum absolute atomic E-state index is 12.1. The van der Waals surface area contributed by atoms with E-state index in [2.05, 4.69) is 0 Å². The standard InChI is InChI=1S/C6H12F2N2O2/c7-4(8)6(10,5(11)12)2-1-3-9/h4H,1-3,9-10H2,(H,11,12)/t6-/m1/s1/i6+2. The largest absolute Gasteiger partial charge is 0.480 e. The Labute approximate surface area is 68.5 Å². The number of nitrogens with two attached hydrogens (primary N) is 2. The smallest absolute Gasteiger partial charge is 0.329 e. The minimum atomic E-state index is -3.07. The molecule has 0 aromatic rings. The molecule has 0 saturated heterocycles. The molecule has 0 amide bonds. The summed E-state index contributed by atoms with van der Waals surface area (Å²) >= 11 is 0. The van der Waals surface area contributed by atoms with Gasteiger partial charge in [0.15, 0.2) is 5.54 Å². The summed E-state index contributed by atoms with van der Waals surface area (Å²) in [6.07, 6.45) is -3.20. The molecule has 0 rings (SSSR count). The van der Waals surface area contributed by atoms with Gasteiger partial charge in [0.1, 0.15) is 0 Å². The molecule has 5 N–H and O–H groups in total. The van der Waals surface area contributed by atoms with E-state index in [9.17, 15) is 13.6 Å². The van der Waals surface area contributed by atoms with Gasteiger partial charge < -0.3 is 16.6 Å². The van der Waals surface area contributed by atoms with E-state index < -0.39 is 17.9 Å². The summed E-state index contributed by atoms with van der Waals surface area (Å²) < 4.78 is 24.2. The zero-order chi connectivity index (χ0) is 9.78. The number of carboxylic acids is 1. The fourth-order valence-corrected chi connectivity index (χ4v) is 0.704. The molecule has 0 aromatic heterocycles. The van der Waals surface area contributed by atoms with Crippen molar-refractivity contribution in [2.24, 2.45) is 11.5 Å². The van der Waals surface area contributed by atoms with Crippen molar-refractivity contribution in [3.05, 3.63) is 0 Å². The van der Waals surface area contributed by atoms with Crippen molar-refractivity contribution >= 4 is 5.97 Å². The molecule has 4 nitrogen and oxygen atoms in total. The van der Waals surface area contributed by atoms with Gasteiger partial charge in [-0.3, -0.25) is 0 Å². The third-order valence-electron chi connectivity index (χ3n) is 1.58. The van der Waals surface area contributed by atoms with E-state index in [1.807, 2.05) is 0 Å². The van der Waals surface area contributed by atoms with Crippen LogP contribution in [0, 0.1) is 0 Å². The molecular formula is C6H12F2N2O2. The molecule has 72 valence electrons. The number of rotatable bonds is 5. The normalized spacial score (nSPS) is 16.1. The molecule has 1 atom stereocenters. The molecule has 0 saturated carbocycles. The number of halogens is 2. The molecular weight excluding hydrogens is 172 g/mol. The summed E-state index contributed by atoms with van der Waals surface area (Å²) in [5, 5.41) is 8.38. The van der Waals surface area contributed by atoms with Crippen molar-refractivity contribution < 1.29 is 18.7 Å². The van der Waals surface area contributed by atoms with Gasteiger partial charge in [0, 0.05) is 0 Å². The second kappa shape index (κ2) is 4.32. The van der Waals surface area contributed by atoms with Crippen LogP contribution in [0.15, 0.2) is 0 Å². The first-order valence-corrected chi connectivity index (χ1v) is 3.45. The van der Waals surface area contributed by atoms with Gasteiger partial charge in [0.25, 0.3) is 6.43 Å². The summed E-state index contributed by atoms with van der Waals surface area (Å²) in [7, 11) is 0. The van der Waals surface area contributed by atoms with Crippen molar-refractivity contribution in [3.63, 3.8) is 0 Å².